The summed E-state index contributed by atoms with van der Waals surface area (Å²) < 4.78 is 1.17. The van der Waals surface area contributed by atoms with Crippen molar-refractivity contribution in [2.24, 2.45) is 0 Å². The van der Waals surface area contributed by atoms with Gasteiger partial charge in [0.05, 0.1) is 16.9 Å². The summed E-state index contributed by atoms with van der Waals surface area (Å²) in [4.78, 5) is 2.47. The third-order valence-corrected chi connectivity index (χ3v) is 4.60. The molecule has 3 heteroatoms. The van der Waals surface area contributed by atoms with Crippen LogP contribution in [0.25, 0.3) is 0 Å². The Balaban J connectivity index is 2.06. The third kappa shape index (κ3) is 1.22. The molecule has 80 valence electrons. The Kier molecular flexibility index (Phi) is 2.00. The maximum Gasteiger partial charge on any atom is 0.0723 e. The molecule has 0 amide bonds. The molecule has 2 nitrogen and oxygen atoms in total. The Labute approximate surface area is 98.8 Å². The van der Waals surface area contributed by atoms with Gasteiger partial charge in [-0.3, -0.25) is 0 Å². The maximum atomic E-state index is 3.60. The summed E-state index contributed by atoms with van der Waals surface area (Å²) in [6, 6.07) is 6.41. The molecule has 1 saturated carbocycles. The van der Waals surface area contributed by atoms with Crippen LogP contribution in [0.4, 0.5) is 11.4 Å². The number of hydrogen-bond donors (Lipinski definition) is 1. The largest absolute Gasteiger partial charge is 0.380 e. The van der Waals surface area contributed by atoms with Crippen LogP contribution < -0.4 is 10.2 Å². The number of halogens is 1. The van der Waals surface area contributed by atoms with Crippen LogP contribution in [0, 0.1) is 0 Å². The monoisotopic (exact) mass is 266 g/mol. The zero-order chi connectivity index (χ0) is 10.5. The van der Waals surface area contributed by atoms with Crippen molar-refractivity contribution in [3.8, 4) is 0 Å². The molecule has 1 spiro atoms. The average molecular weight is 267 g/mol. The molecule has 0 aromatic heterocycles. The van der Waals surface area contributed by atoms with Crippen LogP contribution in [-0.4, -0.2) is 19.1 Å². The molecule has 2 aliphatic rings. The summed E-state index contributed by atoms with van der Waals surface area (Å²) in [5.74, 6) is 0. The van der Waals surface area contributed by atoms with E-state index in [9.17, 15) is 0 Å². The van der Waals surface area contributed by atoms with E-state index in [2.05, 4.69) is 51.4 Å². The number of benzene rings is 1. The standard InChI is InChI=1S/C12H15BrN2/c1-15-10-5-2-4-9(13)11(10)14-8-12(15)6-3-7-12/h2,4-5,14H,3,6-8H2,1H3. The Bertz CT molecular complexity index is 399. The van der Waals surface area contributed by atoms with Crippen LogP contribution in [0.3, 0.4) is 0 Å². The fraction of sp³-hybridized carbons (Fsp3) is 0.500. The first-order valence-electron chi connectivity index (χ1n) is 5.49. The predicted molar refractivity (Wildman–Crippen MR) is 67.6 cm³/mol. The van der Waals surface area contributed by atoms with Crippen molar-refractivity contribution in [1.29, 1.82) is 0 Å². The highest BCUT2D eigenvalue weighted by atomic mass is 79.9. The van der Waals surface area contributed by atoms with Crippen LogP contribution >= 0.6 is 15.9 Å². The quantitative estimate of drug-likeness (QED) is 0.776. The summed E-state index contributed by atoms with van der Waals surface area (Å²) in [5.41, 5.74) is 2.97. The van der Waals surface area contributed by atoms with Gasteiger partial charge in [-0.05, 0) is 47.3 Å². The van der Waals surface area contributed by atoms with Gasteiger partial charge < -0.3 is 10.2 Å². The number of nitrogens with one attached hydrogen (secondary N) is 1. The second-order valence-corrected chi connectivity index (χ2v) is 5.48. The molecule has 1 aromatic carbocycles. The number of rotatable bonds is 0. The minimum atomic E-state index is 0.397. The van der Waals surface area contributed by atoms with Gasteiger partial charge in [0.25, 0.3) is 0 Å². The van der Waals surface area contributed by atoms with Gasteiger partial charge in [0.15, 0.2) is 0 Å². The highest BCUT2D eigenvalue weighted by molar-refractivity contribution is 9.10. The normalized spacial score (nSPS) is 21.9. The van der Waals surface area contributed by atoms with Gasteiger partial charge in [-0.15, -0.1) is 0 Å². The van der Waals surface area contributed by atoms with E-state index in [1.54, 1.807) is 0 Å². The molecule has 0 atom stereocenters. The molecule has 3 rings (SSSR count). The zero-order valence-electron chi connectivity index (χ0n) is 8.89. The number of likely N-dealkylation sites (N-methyl/N-ethyl adjacent to an activating group) is 1. The first-order valence-corrected chi connectivity index (χ1v) is 6.28. The van der Waals surface area contributed by atoms with Crippen LogP contribution in [-0.2, 0) is 0 Å². The van der Waals surface area contributed by atoms with E-state index in [0.29, 0.717) is 5.54 Å². The van der Waals surface area contributed by atoms with Crippen LogP contribution in [0.1, 0.15) is 19.3 Å². The van der Waals surface area contributed by atoms with E-state index in [1.165, 1.54) is 35.1 Å². The van der Waals surface area contributed by atoms with Crippen molar-refractivity contribution < 1.29 is 0 Å². The Morgan fingerprint density at radius 2 is 2.20 bits per heavy atom. The molecule has 1 aliphatic carbocycles. The minimum Gasteiger partial charge on any atom is -0.380 e. The molecule has 0 saturated heterocycles. The molecule has 0 unspecified atom stereocenters. The average Bonchev–Trinajstić information content (AvgIpc) is 2.17. The molecular weight excluding hydrogens is 252 g/mol. The van der Waals surface area contributed by atoms with E-state index >= 15 is 0 Å². The van der Waals surface area contributed by atoms with Gasteiger partial charge >= 0.3 is 0 Å². The summed E-state index contributed by atoms with van der Waals surface area (Å²) in [7, 11) is 2.23. The number of hydrogen-bond acceptors (Lipinski definition) is 2. The molecule has 15 heavy (non-hydrogen) atoms. The SMILES string of the molecule is CN1c2cccc(Br)c2NCC12CCC2. The number of fused-ring (bicyclic) bond motifs is 1. The van der Waals surface area contributed by atoms with Crippen LogP contribution in [0.15, 0.2) is 22.7 Å². The molecule has 1 fully saturated rings. The van der Waals surface area contributed by atoms with Crippen molar-refractivity contribution >= 4 is 27.3 Å². The van der Waals surface area contributed by atoms with Crippen molar-refractivity contribution in [1.82, 2.24) is 0 Å². The van der Waals surface area contributed by atoms with E-state index in [1.807, 2.05) is 0 Å². The van der Waals surface area contributed by atoms with Gasteiger partial charge in [0.1, 0.15) is 0 Å². The van der Waals surface area contributed by atoms with E-state index in [4.69, 9.17) is 0 Å². The van der Waals surface area contributed by atoms with E-state index in [-0.39, 0.29) is 0 Å². The summed E-state index contributed by atoms with van der Waals surface area (Å²) >= 11 is 3.60. The molecule has 1 aliphatic heterocycles. The summed E-state index contributed by atoms with van der Waals surface area (Å²) in [5, 5.41) is 3.57. The van der Waals surface area contributed by atoms with Crippen molar-refractivity contribution in [3.05, 3.63) is 22.7 Å². The molecule has 1 aromatic rings. The number of anilines is 2. The molecule has 1 heterocycles. The highest BCUT2D eigenvalue weighted by Gasteiger charge is 2.43. The molecule has 1 N–H and O–H groups in total. The maximum absolute atomic E-state index is 3.60. The Morgan fingerprint density at radius 3 is 2.87 bits per heavy atom. The number of para-hydroxylation sites is 1. The van der Waals surface area contributed by atoms with Gasteiger partial charge in [-0.1, -0.05) is 6.07 Å². The predicted octanol–water partition coefficient (Wildman–Crippen LogP) is 3.23. The number of nitrogens with zero attached hydrogens (tertiary/aromatic N) is 1. The lowest BCUT2D eigenvalue weighted by Crippen LogP contribution is -2.59. The van der Waals surface area contributed by atoms with Crippen molar-refractivity contribution in [2.75, 3.05) is 23.8 Å². The molecule has 0 bridgehead atoms. The van der Waals surface area contributed by atoms with Crippen molar-refractivity contribution in [2.45, 2.75) is 24.8 Å². The topological polar surface area (TPSA) is 15.3 Å². The zero-order valence-corrected chi connectivity index (χ0v) is 10.5. The van der Waals surface area contributed by atoms with E-state index in [0.717, 1.165) is 6.54 Å². The third-order valence-electron chi connectivity index (χ3n) is 3.94. The van der Waals surface area contributed by atoms with Gasteiger partial charge in [0.2, 0.25) is 0 Å². The lowest BCUT2D eigenvalue weighted by molar-refractivity contribution is 0.248. The Hall–Kier alpha value is -0.700. The lowest BCUT2D eigenvalue weighted by atomic mass is 9.74. The van der Waals surface area contributed by atoms with E-state index < -0.39 is 0 Å². The van der Waals surface area contributed by atoms with Gasteiger partial charge in [-0.25, -0.2) is 0 Å². The van der Waals surface area contributed by atoms with Crippen LogP contribution in [0.5, 0.6) is 0 Å². The first kappa shape index (κ1) is 9.52. The summed E-state index contributed by atoms with van der Waals surface area (Å²) in [6.07, 6.45) is 4.01. The van der Waals surface area contributed by atoms with Crippen LogP contribution in [0.2, 0.25) is 0 Å². The molecular formula is C12H15BrN2. The lowest BCUT2D eigenvalue weighted by Gasteiger charge is -2.53. The Morgan fingerprint density at radius 1 is 1.40 bits per heavy atom. The fourth-order valence-corrected chi connectivity index (χ4v) is 3.19. The summed E-state index contributed by atoms with van der Waals surface area (Å²) in [6.45, 7) is 1.08. The fourth-order valence-electron chi connectivity index (χ4n) is 2.69. The van der Waals surface area contributed by atoms with Gasteiger partial charge in [-0.2, -0.15) is 0 Å². The molecule has 0 radical (unpaired) electrons. The van der Waals surface area contributed by atoms with Crippen molar-refractivity contribution in [3.63, 3.8) is 0 Å². The smallest absolute Gasteiger partial charge is 0.0723 e. The second kappa shape index (κ2) is 3.14. The van der Waals surface area contributed by atoms with Gasteiger partial charge in [0, 0.05) is 18.1 Å². The highest BCUT2D eigenvalue weighted by Crippen LogP contribution is 2.46. The first-order chi connectivity index (χ1) is 7.23. The second-order valence-electron chi connectivity index (χ2n) is 4.62. The minimum absolute atomic E-state index is 0.397.